The van der Waals surface area contributed by atoms with E-state index in [-0.39, 0.29) is 0 Å². The first-order chi connectivity index (χ1) is 4.84. The Kier molecular flexibility index (Phi) is 2.75. The molecule has 1 aliphatic rings. The van der Waals surface area contributed by atoms with E-state index in [0.29, 0.717) is 5.92 Å². The molecular formula is C8H15NO. The summed E-state index contributed by atoms with van der Waals surface area (Å²) in [6, 6.07) is 0. The maximum atomic E-state index is 5.30. The van der Waals surface area contributed by atoms with Gasteiger partial charge in [0.05, 0.1) is 6.61 Å². The zero-order valence-electron chi connectivity index (χ0n) is 6.52. The highest BCUT2D eigenvalue weighted by Gasteiger charge is 2.15. The molecule has 0 aromatic heterocycles. The second-order valence-corrected chi connectivity index (χ2v) is 2.69. The lowest BCUT2D eigenvalue weighted by Gasteiger charge is -2.23. The van der Waals surface area contributed by atoms with Gasteiger partial charge in [-0.1, -0.05) is 6.58 Å². The van der Waals surface area contributed by atoms with E-state index in [1.54, 1.807) is 0 Å². The van der Waals surface area contributed by atoms with Crippen molar-refractivity contribution >= 4 is 0 Å². The molecule has 0 spiro atoms. The van der Waals surface area contributed by atoms with Crippen LogP contribution in [-0.2, 0) is 4.74 Å². The molecule has 0 radical (unpaired) electrons. The van der Waals surface area contributed by atoms with Gasteiger partial charge in [-0.05, 0) is 12.8 Å². The van der Waals surface area contributed by atoms with Gasteiger partial charge in [-0.3, -0.25) is 0 Å². The summed E-state index contributed by atoms with van der Waals surface area (Å²) in [5.41, 5.74) is 1.11. The van der Waals surface area contributed by atoms with E-state index in [2.05, 4.69) is 11.9 Å². The molecule has 1 saturated heterocycles. The van der Waals surface area contributed by atoms with Gasteiger partial charge in [0.2, 0.25) is 0 Å². The third kappa shape index (κ3) is 1.74. The molecular weight excluding hydrogens is 126 g/mol. The Morgan fingerprint density at radius 3 is 3.00 bits per heavy atom. The molecule has 2 nitrogen and oxygen atoms in total. The zero-order valence-corrected chi connectivity index (χ0v) is 6.52. The summed E-state index contributed by atoms with van der Waals surface area (Å²) in [4.78, 5) is 0. The molecule has 1 atom stereocenters. The van der Waals surface area contributed by atoms with E-state index in [4.69, 9.17) is 4.74 Å². The molecule has 2 heteroatoms. The minimum atomic E-state index is 0.541. The second-order valence-electron chi connectivity index (χ2n) is 2.69. The molecule has 0 saturated carbocycles. The fourth-order valence-electron chi connectivity index (χ4n) is 1.22. The van der Waals surface area contributed by atoms with Gasteiger partial charge in [0.25, 0.3) is 0 Å². The standard InChI is InChI=1S/C8H15NO/c1-7(9-2)8-4-3-5-10-6-8/h8-9H,1,3-6H2,2H3. The van der Waals surface area contributed by atoms with Gasteiger partial charge in [0.15, 0.2) is 0 Å². The van der Waals surface area contributed by atoms with Crippen LogP contribution < -0.4 is 5.32 Å². The Hall–Kier alpha value is -0.500. The predicted octanol–water partition coefficient (Wildman–Crippen LogP) is 1.15. The zero-order chi connectivity index (χ0) is 7.40. The van der Waals surface area contributed by atoms with E-state index in [9.17, 15) is 0 Å². The number of hydrogen-bond acceptors (Lipinski definition) is 2. The smallest absolute Gasteiger partial charge is 0.0548 e. The monoisotopic (exact) mass is 141 g/mol. The summed E-state index contributed by atoms with van der Waals surface area (Å²) in [7, 11) is 1.91. The fourth-order valence-corrected chi connectivity index (χ4v) is 1.22. The van der Waals surface area contributed by atoms with Gasteiger partial charge in [-0.15, -0.1) is 0 Å². The van der Waals surface area contributed by atoms with Crippen LogP contribution in [0.5, 0.6) is 0 Å². The highest BCUT2D eigenvalue weighted by Crippen LogP contribution is 2.17. The van der Waals surface area contributed by atoms with Gasteiger partial charge in [0, 0.05) is 25.3 Å². The second kappa shape index (κ2) is 3.62. The number of ether oxygens (including phenoxy) is 1. The molecule has 1 rings (SSSR count). The van der Waals surface area contributed by atoms with Crippen molar-refractivity contribution in [3.63, 3.8) is 0 Å². The van der Waals surface area contributed by atoms with Crippen LogP contribution in [0.3, 0.4) is 0 Å². The van der Waals surface area contributed by atoms with Crippen molar-refractivity contribution in [1.82, 2.24) is 5.32 Å². The number of hydrogen-bond donors (Lipinski definition) is 1. The summed E-state index contributed by atoms with van der Waals surface area (Å²) in [5.74, 6) is 0.541. The van der Waals surface area contributed by atoms with Gasteiger partial charge < -0.3 is 10.1 Å². The quantitative estimate of drug-likeness (QED) is 0.622. The molecule has 1 heterocycles. The van der Waals surface area contributed by atoms with Gasteiger partial charge in [-0.2, -0.15) is 0 Å². The Labute approximate surface area is 62.3 Å². The average Bonchev–Trinajstić information content (AvgIpc) is 2.05. The Morgan fingerprint density at radius 1 is 1.70 bits per heavy atom. The van der Waals surface area contributed by atoms with Crippen molar-refractivity contribution in [2.24, 2.45) is 5.92 Å². The van der Waals surface area contributed by atoms with E-state index in [1.807, 2.05) is 7.05 Å². The van der Waals surface area contributed by atoms with E-state index in [0.717, 1.165) is 18.9 Å². The maximum absolute atomic E-state index is 5.30. The molecule has 1 N–H and O–H groups in total. The van der Waals surface area contributed by atoms with Gasteiger partial charge in [0.1, 0.15) is 0 Å². The molecule has 10 heavy (non-hydrogen) atoms. The average molecular weight is 141 g/mol. The summed E-state index contributed by atoms with van der Waals surface area (Å²) in [5, 5.41) is 3.06. The predicted molar refractivity (Wildman–Crippen MR) is 41.7 cm³/mol. The normalized spacial score (nSPS) is 25.9. The molecule has 58 valence electrons. The van der Waals surface area contributed by atoms with Crippen molar-refractivity contribution in [3.8, 4) is 0 Å². The highest BCUT2D eigenvalue weighted by atomic mass is 16.5. The molecule has 1 aliphatic heterocycles. The van der Waals surface area contributed by atoms with Crippen molar-refractivity contribution < 1.29 is 4.74 Å². The summed E-state index contributed by atoms with van der Waals surface area (Å²) in [6.07, 6.45) is 2.39. The maximum Gasteiger partial charge on any atom is 0.0548 e. The van der Waals surface area contributed by atoms with Crippen LogP contribution in [0.2, 0.25) is 0 Å². The Bertz CT molecular complexity index is 116. The fraction of sp³-hybridized carbons (Fsp3) is 0.750. The van der Waals surface area contributed by atoms with Crippen LogP contribution in [0.1, 0.15) is 12.8 Å². The van der Waals surface area contributed by atoms with Crippen LogP contribution in [0.15, 0.2) is 12.3 Å². The van der Waals surface area contributed by atoms with E-state index in [1.165, 1.54) is 12.8 Å². The highest BCUT2D eigenvalue weighted by molar-refractivity contribution is 4.97. The van der Waals surface area contributed by atoms with E-state index < -0.39 is 0 Å². The largest absolute Gasteiger partial charge is 0.392 e. The molecule has 1 unspecified atom stereocenters. The first-order valence-corrected chi connectivity index (χ1v) is 3.79. The van der Waals surface area contributed by atoms with Crippen molar-refractivity contribution in [2.45, 2.75) is 12.8 Å². The Morgan fingerprint density at radius 2 is 2.50 bits per heavy atom. The van der Waals surface area contributed by atoms with Crippen molar-refractivity contribution in [2.75, 3.05) is 20.3 Å². The van der Waals surface area contributed by atoms with E-state index >= 15 is 0 Å². The molecule has 0 amide bonds. The third-order valence-corrected chi connectivity index (χ3v) is 1.97. The molecule has 1 fully saturated rings. The summed E-state index contributed by atoms with van der Waals surface area (Å²) < 4.78 is 5.30. The van der Waals surface area contributed by atoms with Crippen molar-refractivity contribution in [3.05, 3.63) is 12.3 Å². The Balaban J connectivity index is 2.31. The van der Waals surface area contributed by atoms with Crippen molar-refractivity contribution in [1.29, 1.82) is 0 Å². The summed E-state index contributed by atoms with van der Waals surface area (Å²) >= 11 is 0. The SMILES string of the molecule is C=C(NC)C1CCCOC1. The van der Waals surface area contributed by atoms with Crippen LogP contribution in [-0.4, -0.2) is 20.3 Å². The minimum Gasteiger partial charge on any atom is -0.392 e. The number of nitrogens with one attached hydrogen (secondary N) is 1. The lowest BCUT2D eigenvalue weighted by Crippen LogP contribution is -2.24. The first kappa shape index (κ1) is 7.61. The number of rotatable bonds is 2. The third-order valence-electron chi connectivity index (χ3n) is 1.97. The van der Waals surface area contributed by atoms with Crippen LogP contribution in [0.4, 0.5) is 0 Å². The van der Waals surface area contributed by atoms with Crippen LogP contribution in [0, 0.1) is 5.92 Å². The minimum absolute atomic E-state index is 0.541. The first-order valence-electron chi connectivity index (χ1n) is 3.79. The van der Waals surface area contributed by atoms with Crippen LogP contribution >= 0.6 is 0 Å². The van der Waals surface area contributed by atoms with Gasteiger partial charge in [-0.25, -0.2) is 0 Å². The molecule has 0 aromatic rings. The van der Waals surface area contributed by atoms with Crippen LogP contribution in [0.25, 0.3) is 0 Å². The lowest BCUT2D eigenvalue weighted by atomic mass is 9.99. The summed E-state index contributed by atoms with van der Waals surface area (Å²) in [6.45, 7) is 5.68. The van der Waals surface area contributed by atoms with Gasteiger partial charge >= 0.3 is 0 Å². The topological polar surface area (TPSA) is 21.3 Å². The molecule has 0 aromatic carbocycles. The molecule has 0 aliphatic carbocycles. The molecule has 0 bridgehead atoms. The lowest BCUT2D eigenvalue weighted by molar-refractivity contribution is 0.0656.